The summed E-state index contributed by atoms with van der Waals surface area (Å²) < 4.78 is 0. The zero-order chi connectivity index (χ0) is 17.1. The van der Waals surface area contributed by atoms with Gasteiger partial charge in [0.1, 0.15) is 0 Å². The first kappa shape index (κ1) is 16.1. The topological polar surface area (TPSA) is 61.4 Å². The van der Waals surface area contributed by atoms with E-state index in [1.165, 1.54) is 0 Å². The quantitative estimate of drug-likeness (QED) is 0.887. The Morgan fingerprint density at radius 1 is 1.17 bits per heavy atom. The van der Waals surface area contributed by atoms with E-state index in [2.05, 4.69) is 10.6 Å². The maximum absolute atomic E-state index is 12.2. The van der Waals surface area contributed by atoms with Crippen LogP contribution in [0.4, 0.5) is 11.4 Å². The Kier molecular flexibility index (Phi) is 4.51. The first-order valence-electron chi connectivity index (χ1n) is 8.00. The molecule has 2 amide bonds. The second-order valence-corrected chi connectivity index (χ2v) is 6.16. The van der Waals surface area contributed by atoms with Crippen LogP contribution >= 0.6 is 0 Å². The van der Waals surface area contributed by atoms with Crippen LogP contribution in [0.25, 0.3) is 0 Å². The van der Waals surface area contributed by atoms with Crippen LogP contribution in [0.1, 0.15) is 21.5 Å². The van der Waals surface area contributed by atoms with Gasteiger partial charge in [-0.25, -0.2) is 0 Å². The largest absolute Gasteiger partial charge is 0.378 e. The second-order valence-electron chi connectivity index (χ2n) is 6.16. The lowest BCUT2D eigenvalue weighted by molar-refractivity contribution is -0.115. The molecule has 0 saturated heterocycles. The van der Waals surface area contributed by atoms with Crippen molar-refractivity contribution in [3.63, 3.8) is 0 Å². The number of carbonyl (C=O) groups is 2. The van der Waals surface area contributed by atoms with Crippen LogP contribution in [0.5, 0.6) is 0 Å². The van der Waals surface area contributed by atoms with Gasteiger partial charge < -0.3 is 15.5 Å². The van der Waals surface area contributed by atoms with E-state index >= 15 is 0 Å². The van der Waals surface area contributed by atoms with Crippen molar-refractivity contribution in [1.29, 1.82) is 0 Å². The third kappa shape index (κ3) is 3.56. The number of fused-ring (bicyclic) bond motifs is 1. The highest BCUT2D eigenvalue weighted by Gasteiger charge is 2.17. The fraction of sp³-hybridized carbons (Fsp3) is 0.263. The van der Waals surface area contributed by atoms with E-state index in [9.17, 15) is 9.59 Å². The van der Waals surface area contributed by atoms with Gasteiger partial charge in [0, 0.05) is 37.6 Å². The molecule has 1 aliphatic heterocycles. The van der Waals surface area contributed by atoms with Crippen molar-refractivity contribution in [2.24, 2.45) is 0 Å². The molecule has 0 fully saturated rings. The summed E-state index contributed by atoms with van der Waals surface area (Å²) in [4.78, 5) is 25.5. The van der Waals surface area contributed by atoms with Crippen LogP contribution in [0, 0.1) is 0 Å². The lowest BCUT2D eigenvalue weighted by Gasteiger charge is -2.12. The van der Waals surface area contributed by atoms with Gasteiger partial charge in [0.05, 0.1) is 6.42 Å². The van der Waals surface area contributed by atoms with Gasteiger partial charge in [-0.05, 0) is 47.9 Å². The molecule has 124 valence electrons. The van der Waals surface area contributed by atoms with Crippen molar-refractivity contribution in [2.45, 2.75) is 12.8 Å². The highest BCUT2D eigenvalue weighted by Crippen LogP contribution is 2.23. The minimum absolute atomic E-state index is 0.0385. The molecule has 24 heavy (non-hydrogen) atoms. The second kappa shape index (κ2) is 6.74. The summed E-state index contributed by atoms with van der Waals surface area (Å²) in [6.07, 6.45) is 1.18. The third-order valence-electron chi connectivity index (χ3n) is 4.14. The Labute approximate surface area is 141 Å². The first-order chi connectivity index (χ1) is 11.5. The van der Waals surface area contributed by atoms with E-state index in [0.29, 0.717) is 18.5 Å². The summed E-state index contributed by atoms with van der Waals surface area (Å²) in [5.74, 6) is -0.0325. The van der Waals surface area contributed by atoms with Gasteiger partial charge in [-0.1, -0.05) is 12.1 Å². The Hall–Kier alpha value is -2.82. The Balaban J connectivity index is 1.54. The lowest BCUT2D eigenvalue weighted by Crippen LogP contribution is -2.25. The van der Waals surface area contributed by atoms with Crippen LogP contribution in [-0.2, 0) is 17.6 Å². The fourth-order valence-corrected chi connectivity index (χ4v) is 2.77. The van der Waals surface area contributed by atoms with Crippen LogP contribution in [-0.4, -0.2) is 32.5 Å². The maximum Gasteiger partial charge on any atom is 0.251 e. The summed E-state index contributed by atoms with van der Waals surface area (Å²) >= 11 is 0. The van der Waals surface area contributed by atoms with Crippen molar-refractivity contribution >= 4 is 23.2 Å². The number of nitrogens with one attached hydrogen (secondary N) is 2. The molecule has 0 bridgehead atoms. The minimum atomic E-state index is -0.0710. The number of anilines is 2. The highest BCUT2D eigenvalue weighted by atomic mass is 16.2. The molecular weight excluding hydrogens is 302 g/mol. The molecule has 0 aromatic heterocycles. The molecule has 0 atom stereocenters. The van der Waals surface area contributed by atoms with Gasteiger partial charge in [0.15, 0.2) is 0 Å². The van der Waals surface area contributed by atoms with Gasteiger partial charge in [-0.15, -0.1) is 0 Å². The first-order valence-corrected chi connectivity index (χ1v) is 8.00. The Bertz CT molecular complexity index is 767. The number of amides is 2. The van der Waals surface area contributed by atoms with Crippen molar-refractivity contribution in [3.05, 3.63) is 59.2 Å². The van der Waals surface area contributed by atoms with E-state index < -0.39 is 0 Å². The Morgan fingerprint density at radius 3 is 2.62 bits per heavy atom. The monoisotopic (exact) mass is 323 g/mol. The molecule has 0 aliphatic carbocycles. The number of rotatable bonds is 5. The molecule has 0 radical (unpaired) electrons. The predicted molar refractivity (Wildman–Crippen MR) is 95.6 cm³/mol. The number of hydrogen-bond acceptors (Lipinski definition) is 3. The summed E-state index contributed by atoms with van der Waals surface area (Å²) in [6, 6.07) is 13.5. The number of nitrogens with zero attached hydrogens (tertiary/aromatic N) is 1. The zero-order valence-corrected chi connectivity index (χ0v) is 13.9. The zero-order valence-electron chi connectivity index (χ0n) is 13.9. The van der Waals surface area contributed by atoms with Crippen LogP contribution in [0.3, 0.4) is 0 Å². The molecule has 1 aliphatic rings. The molecule has 2 aromatic carbocycles. The van der Waals surface area contributed by atoms with Crippen LogP contribution in [0.15, 0.2) is 42.5 Å². The van der Waals surface area contributed by atoms with Crippen molar-refractivity contribution < 1.29 is 9.59 Å². The number of carbonyl (C=O) groups excluding carboxylic acids is 2. The van der Waals surface area contributed by atoms with Gasteiger partial charge >= 0.3 is 0 Å². The minimum Gasteiger partial charge on any atom is -0.378 e. The van der Waals surface area contributed by atoms with E-state index in [-0.39, 0.29) is 11.8 Å². The molecule has 1 heterocycles. The van der Waals surface area contributed by atoms with Crippen molar-refractivity contribution in [1.82, 2.24) is 5.32 Å². The normalized spacial score (nSPS) is 12.5. The molecule has 2 aromatic rings. The van der Waals surface area contributed by atoms with E-state index in [0.717, 1.165) is 28.9 Å². The average Bonchev–Trinajstić information content (AvgIpc) is 2.94. The predicted octanol–water partition coefficient (Wildman–Crippen LogP) is 2.22. The molecule has 2 N–H and O–H groups in total. The Morgan fingerprint density at radius 2 is 1.92 bits per heavy atom. The van der Waals surface area contributed by atoms with Gasteiger partial charge in [-0.3, -0.25) is 9.59 Å². The summed E-state index contributed by atoms with van der Waals surface area (Å²) in [6.45, 7) is 0.564. The molecule has 0 unspecified atom stereocenters. The molecule has 5 heteroatoms. The van der Waals surface area contributed by atoms with Crippen LogP contribution in [0.2, 0.25) is 0 Å². The van der Waals surface area contributed by atoms with Crippen molar-refractivity contribution in [2.75, 3.05) is 30.9 Å². The summed E-state index contributed by atoms with van der Waals surface area (Å²) in [5.41, 5.74) is 4.77. The molecule has 0 spiro atoms. The number of hydrogen-bond donors (Lipinski definition) is 2. The molecular formula is C19H21N3O2. The van der Waals surface area contributed by atoms with Gasteiger partial charge in [-0.2, -0.15) is 0 Å². The van der Waals surface area contributed by atoms with E-state index in [1.807, 2.05) is 61.5 Å². The maximum atomic E-state index is 12.2. The summed E-state index contributed by atoms with van der Waals surface area (Å²) in [5, 5.41) is 5.76. The lowest BCUT2D eigenvalue weighted by atomic mass is 10.1. The SMILES string of the molecule is CN(C)c1ccc(C(=O)NCCc2ccc3c(c2)CC(=O)N3)cc1. The molecule has 5 nitrogen and oxygen atoms in total. The summed E-state index contributed by atoms with van der Waals surface area (Å²) in [7, 11) is 3.93. The van der Waals surface area contributed by atoms with E-state index in [1.54, 1.807) is 0 Å². The van der Waals surface area contributed by atoms with Gasteiger partial charge in [0.25, 0.3) is 5.91 Å². The standard InChI is InChI=1S/C19H21N3O2/c1-22(2)16-6-4-14(5-7-16)19(24)20-10-9-13-3-8-17-15(11-13)12-18(23)21-17/h3-8,11H,9-10,12H2,1-2H3,(H,20,24)(H,21,23). The third-order valence-corrected chi connectivity index (χ3v) is 4.14. The van der Waals surface area contributed by atoms with E-state index in [4.69, 9.17) is 0 Å². The smallest absolute Gasteiger partial charge is 0.251 e. The highest BCUT2D eigenvalue weighted by molar-refractivity contribution is 5.99. The molecule has 3 rings (SSSR count). The number of benzene rings is 2. The fourth-order valence-electron chi connectivity index (χ4n) is 2.77. The molecule has 0 saturated carbocycles. The van der Waals surface area contributed by atoms with Crippen LogP contribution < -0.4 is 15.5 Å². The average molecular weight is 323 g/mol. The van der Waals surface area contributed by atoms with Gasteiger partial charge in [0.2, 0.25) is 5.91 Å². The van der Waals surface area contributed by atoms with Crippen molar-refractivity contribution in [3.8, 4) is 0 Å².